The molecule has 0 aromatic heterocycles. The van der Waals surface area contributed by atoms with Crippen molar-refractivity contribution >= 4 is 11.8 Å². The van der Waals surface area contributed by atoms with Crippen LogP contribution in [0.15, 0.2) is 24.3 Å². The molecule has 1 aromatic carbocycles. The van der Waals surface area contributed by atoms with E-state index in [0.29, 0.717) is 0 Å². The molecule has 1 N–H and O–H groups in total. The lowest BCUT2D eigenvalue weighted by atomic mass is 10.1. The van der Waals surface area contributed by atoms with E-state index in [1.54, 1.807) is 12.1 Å². The fraction of sp³-hybridized carbons (Fsp3) is 0.333. The van der Waals surface area contributed by atoms with E-state index in [9.17, 15) is 10.1 Å². The van der Waals surface area contributed by atoms with Crippen LogP contribution in [0.1, 0.15) is 12.0 Å². The molecular formula is C12H16N2O3. The average Bonchev–Trinajstić information content (AvgIpc) is 2.34. The summed E-state index contributed by atoms with van der Waals surface area (Å²) in [4.78, 5) is 10.4. The van der Waals surface area contributed by atoms with Gasteiger partial charge >= 0.3 is 5.69 Å². The minimum atomic E-state index is -0.441. The van der Waals surface area contributed by atoms with E-state index in [-0.39, 0.29) is 11.4 Å². The van der Waals surface area contributed by atoms with Crippen LogP contribution in [0.2, 0.25) is 0 Å². The Morgan fingerprint density at radius 3 is 2.88 bits per heavy atom. The van der Waals surface area contributed by atoms with Crippen molar-refractivity contribution in [2.75, 3.05) is 20.7 Å². The first kappa shape index (κ1) is 13.2. The molecule has 5 heteroatoms. The SMILES string of the molecule is CNCCC=Cc1ccc(OC)c([N+](=O)[O-])c1. The summed E-state index contributed by atoms with van der Waals surface area (Å²) in [6, 6.07) is 4.91. The lowest BCUT2D eigenvalue weighted by molar-refractivity contribution is -0.385. The first-order valence-electron chi connectivity index (χ1n) is 5.32. The van der Waals surface area contributed by atoms with Crippen molar-refractivity contribution in [1.82, 2.24) is 5.32 Å². The number of hydrogen-bond acceptors (Lipinski definition) is 4. The standard InChI is InChI=1S/C12H16N2O3/c1-13-8-4-3-5-10-6-7-12(17-2)11(9-10)14(15)16/h3,5-7,9,13H,4,8H2,1-2H3. The Labute approximate surface area is 100 Å². The zero-order chi connectivity index (χ0) is 12.7. The van der Waals surface area contributed by atoms with E-state index in [0.717, 1.165) is 18.5 Å². The van der Waals surface area contributed by atoms with Gasteiger partial charge in [0.25, 0.3) is 0 Å². The molecule has 0 bridgehead atoms. The molecular weight excluding hydrogens is 220 g/mol. The molecule has 0 radical (unpaired) electrons. The number of hydrogen-bond donors (Lipinski definition) is 1. The average molecular weight is 236 g/mol. The summed E-state index contributed by atoms with van der Waals surface area (Å²) >= 11 is 0. The van der Waals surface area contributed by atoms with Gasteiger partial charge in [0.05, 0.1) is 12.0 Å². The number of nitro benzene ring substituents is 1. The van der Waals surface area contributed by atoms with Gasteiger partial charge in [0, 0.05) is 6.07 Å². The topological polar surface area (TPSA) is 64.4 Å². The van der Waals surface area contributed by atoms with Gasteiger partial charge in [-0.25, -0.2) is 0 Å². The fourth-order valence-electron chi connectivity index (χ4n) is 1.40. The molecule has 0 fully saturated rings. The van der Waals surface area contributed by atoms with Gasteiger partial charge in [0.15, 0.2) is 5.75 Å². The third-order valence-corrected chi connectivity index (χ3v) is 2.27. The molecule has 0 saturated carbocycles. The first-order chi connectivity index (χ1) is 8.19. The second-order valence-corrected chi connectivity index (χ2v) is 3.48. The van der Waals surface area contributed by atoms with Crippen molar-refractivity contribution in [3.8, 4) is 5.75 Å². The predicted molar refractivity (Wildman–Crippen MR) is 67.2 cm³/mol. The number of nitrogens with one attached hydrogen (secondary N) is 1. The van der Waals surface area contributed by atoms with Crippen LogP contribution in [-0.4, -0.2) is 25.6 Å². The Balaban J connectivity index is 2.85. The molecule has 0 atom stereocenters. The fourth-order valence-corrected chi connectivity index (χ4v) is 1.40. The van der Waals surface area contributed by atoms with E-state index in [4.69, 9.17) is 4.74 Å². The molecule has 92 valence electrons. The van der Waals surface area contributed by atoms with Crippen molar-refractivity contribution in [2.24, 2.45) is 0 Å². The van der Waals surface area contributed by atoms with Gasteiger partial charge in [0.2, 0.25) is 0 Å². The summed E-state index contributed by atoms with van der Waals surface area (Å²) in [6.07, 6.45) is 4.72. The highest BCUT2D eigenvalue weighted by molar-refractivity contribution is 5.58. The Morgan fingerprint density at radius 1 is 1.53 bits per heavy atom. The van der Waals surface area contributed by atoms with Crippen molar-refractivity contribution in [2.45, 2.75) is 6.42 Å². The second kappa shape index (κ2) is 6.65. The zero-order valence-corrected chi connectivity index (χ0v) is 9.97. The quantitative estimate of drug-likeness (QED) is 0.467. The van der Waals surface area contributed by atoms with Crippen LogP contribution in [0.4, 0.5) is 5.69 Å². The van der Waals surface area contributed by atoms with Crippen LogP contribution >= 0.6 is 0 Å². The highest BCUT2D eigenvalue weighted by Gasteiger charge is 2.13. The molecule has 5 nitrogen and oxygen atoms in total. The Morgan fingerprint density at radius 2 is 2.29 bits per heavy atom. The van der Waals surface area contributed by atoms with Gasteiger partial charge < -0.3 is 10.1 Å². The van der Waals surface area contributed by atoms with Crippen LogP contribution in [0.3, 0.4) is 0 Å². The van der Waals surface area contributed by atoms with Crippen LogP contribution in [-0.2, 0) is 0 Å². The Hall–Kier alpha value is -1.88. The molecule has 0 aliphatic rings. The number of rotatable bonds is 6. The van der Waals surface area contributed by atoms with Crippen LogP contribution in [0.25, 0.3) is 6.08 Å². The van der Waals surface area contributed by atoms with Gasteiger partial charge in [-0.1, -0.05) is 18.2 Å². The molecule has 0 aliphatic heterocycles. The maximum Gasteiger partial charge on any atom is 0.311 e. The van der Waals surface area contributed by atoms with Crippen LogP contribution in [0.5, 0.6) is 5.75 Å². The summed E-state index contributed by atoms with van der Waals surface area (Å²) < 4.78 is 4.93. The lowest BCUT2D eigenvalue weighted by Crippen LogP contribution is -2.05. The van der Waals surface area contributed by atoms with Crippen molar-refractivity contribution in [3.63, 3.8) is 0 Å². The number of benzene rings is 1. The summed E-state index contributed by atoms with van der Waals surface area (Å²) in [5, 5.41) is 13.8. The minimum absolute atomic E-state index is 0.0109. The van der Waals surface area contributed by atoms with Crippen LogP contribution in [0, 0.1) is 10.1 Å². The van der Waals surface area contributed by atoms with Gasteiger partial charge in [0.1, 0.15) is 0 Å². The number of ether oxygens (including phenoxy) is 1. The summed E-state index contributed by atoms with van der Waals surface area (Å²) in [5.41, 5.74) is 0.789. The summed E-state index contributed by atoms with van der Waals surface area (Å²) in [5.74, 6) is 0.280. The van der Waals surface area contributed by atoms with Gasteiger partial charge in [-0.2, -0.15) is 0 Å². The van der Waals surface area contributed by atoms with Crippen molar-refractivity contribution < 1.29 is 9.66 Å². The maximum atomic E-state index is 10.8. The Kier molecular flexibility index (Phi) is 5.16. The van der Waals surface area contributed by atoms with Crippen molar-refractivity contribution in [1.29, 1.82) is 0 Å². The Bertz CT molecular complexity index is 416. The van der Waals surface area contributed by atoms with Crippen molar-refractivity contribution in [3.05, 3.63) is 40.0 Å². The normalized spacial score (nSPS) is 10.7. The van der Waals surface area contributed by atoms with Gasteiger partial charge in [-0.05, 0) is 31.6 Å². The number of methoxy groups -OCH3 is 1. The van der Waals surface area contributed by atoms with E-state index < -0.39 is 4.92 Å². The molecule has 0 aliphatic carbocycles. The zero-order valence-electron chi connectivity index (χ0n) is 9.97. The van der Waals surface area contributed by atoms with Crippen LogP contribution < -0.4 is 10.1 Å². The maximum absolute atomic E-state index is 10.8. The first-order valence-corrected chi connectivity index (χ1v) is 5.32. The highest BCUT2D eigenvalue weighted by atomic mass is 16.6. The minimum Gasteiger partial charge on any atom is -0.490 e. The highest BCUT2D eigenvalue weighted by Crippen LogP contribution is 2.27. The summed E-state index contributed by atoms with van der Waals surface area (Å²) in [7, 11) is 3.30. The summed E-state index contributed by atoms with van der Waals surface area (Å²) in [6.45, 7) is 0.884. The third-order valence-electron chi connectivity index (χ3n) is 2.27. The monoisotopic (exact) mass is 236 g/mol. The van der Waals surface area contributed by atoms with Gasteiger partial charge in [-0.15, -0.1) is 0 Å². The predicted octanol–water partition coefficient (Wildman–Crippen LogP) is 2.23. The molecule has 0 heterocycles. The second-order valence-electron chi connectivity index (χ2n) is 3.48. The molecule has 0 spiro atoms. The molecule has 17 heavy (non-hydrogen) atoms. The van der Waals surface area contributed by atoms with E-state index in [1.165, 1.54) is 13.2 Å². The third kappa shape index (κ3) is 3.88. The molecule has 1 rings (SSSR count). The molecule has 0 unspecified atom stereocenters. The molecule has 0 saturated heterocycles. The van der Waals surface area contributed by atoms with Gasteiger partial charge in [-0.3, -0.25) is 10.1 Å². The van der Waals surface area contributed by atoms with E-state index in [1.807, 2.05) is 19.2 Å². The number of nitrogens with zero attached hydrogens (tertiary/aromatic N) is 1. The van der Waals surface area contributed by atoms with E-state index >= 15 is 0 Å². The molecule has 1 aromatic rings. The molecule has 0 amide bonds. The van der Waals surface area contributed by atoms with E-state index in [2.05, 4.69) is 5.32 Å². The lowest BCUT2D eigenvalue weighted by Gasteiger charge is -2.02. The number of nitro groups is 1. The largest absolute Gasteiger partial charge is 0.490 e. The smallest absolute Gasteiger partial charge is 0.311 e.